The molecule has 0 aromatic carbocycles. The van der Waals surface area contributed by atoms with Crippen LogP contribution >= 0.6 is 0 Å². The lowest BCUT2D eigenvalue weighted by molar-refractivity contribution is -0.145. The molecular formula is C15H22N4O4. The third-order valence-electron chi connectivity index (χ3n) is 4.38. The van der Waals surface area contributed by atoms with Gasteiger partial charge in [-0.2, -0.15) is 5.10 Å². The largest absolute Gasteiger partial charge is 0.383 e. The Balaban J connectivity index is 1.68. The highest BCUT2D eigenvalue weighted by molar-refractivity contribution is 5.89. The van der Waals surface area contributed by atoms with Gasteiger partial charge in [0, 0.05) is 32.0 Å². The van der Waals surface area contributed by atoms with Crippen LogP contribution in [-0.4, -0.2) is 71.9 Å². The normalized spacial score (nSPS) is 25.2. The van der Waals surface area contributed by atoms with Gasteiger partial charge in [-0.3, -0.25) is 14.7 Å². The van der Waals surface area contributed by atoms with Crippen LogP contribution in [0.1, 0.15) is 24.5 Å². The molecule has 0 bridgehead atoms. The number of ether oxygens (including phenoxy) is 2. The van der Waals surface area contributed by atoms with Gasteiger partial charge >= 0.3 is 0 Å². The molecule has 0 spiro atoms. The summed E-state index contributed by atoms with van der Waals surface area (Å²) in [5.41, 5.74) is 0.879. The lowest BCUT2D eigenvalue weighted by atomic mass is 9.89. The summed E-state index contributed by atoms with van der Waals surface area (Å²) in [4.78, 5) is 28.2. The van der Waals surface area contributed by atoms with E-state index in [1.54, 1.807) is 29.3 Å². The summed E-state index contributed by atoms with van der Waals surface area (Å²) in [6.07, 6.45) is 4.77. The number of aromatic nitrogens is 2. The first kappa shape index (κ1) is 15.9. The van der Waals surface area contributed by atoms with Gasteiger partial charge in [-0.15, -0.1) is 0 Å². The van der Waals surface area contributed by atoms with Crippen molar-refractivity contribution in [2.75, 3.05) is 40.1 Å². The van der Waals surface area contributed by atoms with E-state index in [0.717, 1.165) is 18.4 Å². The van der Waals surface area contributed by atoms with Crippen LogP contribution in [0, 0.1) is 5.92 Å². The van der Waals surface area contributed by atoms with Crippen molar-refractivity contribution < 1.29 is 19.1 Å². The van der Waals surface area contributed by atoms with Crippen LogP contribution in [0.4, 0.5) is 0 Å². The molecule has 2 amide bonds. The third kappa shape index (κ3) is 3.37. The Kier molecular flexibility index (Phi) is 4.92. The maximum absolute atomic E-state index is 12.9. The minimum Gasteiger partial charge on any atom is -0.383 e. The number of amides is 2. The van der Waals surface area contributed by atoms with Crippen molar-refractivity contribution in [1.82, 2.24) is 20.0 Å². The molecular weight excluding hydrogens is 300 g/mol. The Morgan fingerprint density at radius 3 is 3.17 bits per heavy atom. The predicted molar refractivity (Wildman–Crippen MR) is 80.2 cm³/mol. The molecule has 3 heterocycles. The van der Waals surface area contributed by atoms with Crippen molar-refractivity contribution in [3.63, 3.8) is 0 Å². The Morgan fingerprint density at radius 2 is 2.43 bits per heavy atom. The second kappa shape index (κ2) is 7.10. The average Bonchev–Trinajstić information content (AvgIpc) is 3.22. The minimum atomic E-state index is -0.293. The molecule has 2 fully saturated rings. The molecule has 0 unspecified atom stereocenters. The van der Waals surface area contributed by atoms with E-state index in [4.69, 9.17) is 9.47 Å². The van der Waals surface area contributed by atoms with Crippen molar-refractivity contribution >= 4 is 11.8 Å². The molecule has 1 aromatic rings. The highest BCUT2D eigenvalue weighted by Gasteiger charge is 2.39. The number of rotatable bonds is 5. The van der Waals surface area contributed by atoms with Crippen molar-refractivity contribution in [1.29, 1.82) is 0 Å². The van der Waals surface area contributed by atoms with Gasteiger partial charge in [-0.1, -0.05) is 0 Å². The standard InChI is InChI=1S/C15H22N4O4/c1-22-6-4-18-10-19(9-13(18)20)15(21)12-3-2-5-23-14(12)11-7-16-17-8-11/h7-8,12,14H,2-6,9-10H2,1H3,(H,16,17)/t12-,14+/m1/s1. The van der Waals surface area contributed by atoms with Gasteiger partial charge in [-0.05, 0) is 12.8 Å². The number of aromatic amines is 1. The number of hydrogen-bond donors (Lipinski definition) is 1. The first-order valence-electron chi connectivity index (χ1n) is 7.86. The van der Waals surface area contributed by atoms with Gasteiger partial charge < -0.3 is 19.3 Å². The van der Waals surface area contributed by atoms with Crippen LogP contribution in [0.5, 0.6) is 0 Å². The molecule has 2 aliphatic heterocycles. The van der Waals surface area contributed by atoms with Gasteiger partial charge in [0.25, 0.3) is 0 Å². The zero-order valence-corrected chi connectivity index (χ0v) is 13.2. The lowest BCUT2D eigenvalue weighted by Gasteiger charge is -2.32. The van der Waals surface area contributed by atoms with E-state index in [9.17, 15) is 9.59 Å². The van der Waals surface area contributed by atoms with E-state index in [0.29, 0.717) is 26.4 Å². The van der Waals surface area contributed by atoms with Crippen LogP contribution < -0.4 is 0 Å². The van der Waals surface area contributed by atoms with E-state index < -0.39 is 0 Å². The molecule has 2 atom stereocenters. The molecule has 8 heteroatoms. The van der Waals surface area contributed by atoms with Gasteiger partial charge in [0.2, 0.25) is 11.8 Å². The molecule has 8 nitrogen and oxygen atoms in total. The molecule has 1 N–H and O–H groups in total. The Bertz CT molecular complexity index is 548. The maximum atomic E-state index is 12.9. The van der Waals surface area contributed by atoms with E-state index in [1.165, 1.54) is 0 Å². The maximum Gasteiger partial charge on any atom is 0.243 e. The molecule has 3 rings (SSSR count). The highest BCUT2D eigenvalue weighted by atomic mass is 16.5. The van der Waals surface area contributed by atoms with Crippen molar-refractivity contribution in [2.45, 2.75) is 18.9 Å². The number of H-pyrrole nitrogens is 1. The first-order chi connectivity index (χ1) is 11.2. The number of carbonyl (C=O) groups excluding carboxylic acids is 2. The number of carbonyl (C=O) groups is 2. The van der Waals surface area contributed by atoms with E-state index in [2.05, 4.69) is 10.2 Å². The van der Waals surface area contributed by atoms with Crippen molar-refractivity contribution in [3.8, 4) is 0 Å². The zero-order valence-electron chi connectivity index (χ0n) is 13.2. The van der Waals surface area contributed by atoms with Crippen LogP contribution in [0.15, 0.2) is 12.4 Å². The molecule has 126 valence electrons. The van der Waals surface area contributed by atoms with Crippen molar-refractivity contribution in [2.24, 2.45) is 5.92 Å². The average molecular weight is 322 g/mol. The summed E-state index contributed by atoms with van der Waals surface area (Å²) in [7, 11) is 1.60. The van der Waals surface area contributed by atoms with E-state index >= 15 is 0 Å². The summed E-state index contributed by atoms with van der Waals surface area (Å²) in [6.45, 7) is 2.08. The molecule has 23 heavy (non-hydrogen) atoms. The third-order valence-corrected chi connectivity index (χ3v) is 4.38. The molecule has 2 saturated heterocycles. The van der Waals surface area contributed by atoms with Gasteiger partial charge in [0.1, 0.15) is 6.54 Å². The van der Waals surface area contributed by atoms with Crippen LogP contribution in [0.3, 0.4) is 0 Å². The molecule has 0 aliphatic carbocycles. The number of methoxy groups -OCH3 is 1. The molecule has 1 aromatic heterocycles. The highest BCUT2D eigenvalue weighted by Crippen LogP contribution is 2.34. The molecule has 0 saturated carbocycles. The number of hydrogen-bond acceptors (Lipinski definition) is 5. The SMILES string of the molecule is COCCN1CN(C(=O)[C@@H]2CCCO[C@H]2c2cn[nH]c2)CC1=O. The van der Waals surface area contributed by atoms with Gasteiger partial charge in [-0.25, -0.2) is 0 Å². The van der Waals surface area contributed by atoms with Gasteiger partial charge in [0.05, 0.1) is 31.5 Å². The fraction of sp³-hybridized carbons (Fsp3) is 0.667. The molecule has 0 radical (unpaired) electrons. The Hall–Kier alpha value is -1.93. The van der Waals surface area contributed by atoms with Gasteiger partial charge in [0.15, 0.2) is 0 Å². The summed E-state index contributed by atoms with van der Waals surface area (Å²) in [5, 5.41) is 6.70. The number of nitrogens with one attached hydrogen (secondary N) is 1. The monoisotopic (exact) mass is 322 g/mol. The topological polar surface area (TPSA) is 87.8 Å². The molecule has 2 aliphatic rings. The second-order valence-electron chi connectivity index (χ2n) is 5.90. The predicted octanol–water partition coefficient (Wildman–Crippen LogP) is 0.152. The van der Waals surface area contributed by atoms with E-state index in [-0.39, 0.29) is 30.4 Å². The summed E-state index contributed by atoms with van der Waals surface area (Å²) in [6, 6.07) is 0. The minimum absolute atomic E-state index is 0.0239. The van der Waals surface area contributed by atoms with Crippen LogP contribution in [-0.2, 0) is 19.1 Å². The summed E-state index contributed by atoms with van der Waals surface area (Å²) >= 11 is 0. The van der Waals surface area contributed by atoms with Crippen LogP contribution in [0.25, 0.3) is 0 Å². The van der Waals surface area contributed by atoms with E-state index in [1.807, 2.05) is 0 Å². The Labute approximate surface area is 134 Å². The summed E-state index contributed by atoms with van der Waals surface area (Å²) < 4.78 is 10.8. The lowest BCUT2D eigenvalue weighted by Crippen LogP contribution is -2.40. The fourth-order valence-electron chi connectivity index (χ4n) is 3.16. The first-order valence-corrected chi connectivity index (χ1v) is 7.86. The fourth-order valence-corrected chi connectivity index (χ4v) is 3.16. The quantitative estimate of drug-likeness (QED) is 0.834. The summed E-state index contributed by atoms with van der Waals surface area (Å²) in [5.74, 6) is -0.326. The van der Waals surface area contributed by atoms with Crippen LogP contribution in [0.2, 0.25) is 0 Å². The van der Waals surface area contributed by atoms with Crippen molar-refractivity contribution in [3.05, 3.63) is 18.0 Å². The number of nitrogens with zero attached hydrogens (tertiary/aromatic N) is 3. The second-order valence-corrected chi connectivity index (χ2v) is 5.90. The Morgan fingerprint density at radius 1 is 1.57 bits per heavy atom. The smallest absolute Gasteiger partial charge is 0.243 e. The zero-order chi connectivity index (χ0) is 16.2.